The zero-order chi connectivity index (χ0) is 19.3. The molecule has 1 atom stereocenters. The van der Waals surface area contributed by atoms with Crippen molar-refractivity contribution in [2.75, 3.05) is 21.3 Å². The molecule has 0 radical (unpaired) electrons. The second-order valence-electron chi connectivity index (χ2n) is 6.17. The number of nitrogens with one attached hydrogen (secondary N) is 2. The lowest BCUT2D eigenvalue weighted by atomic mass is 10.1. The van der Waals surface area contributed by atoms with E-state index in [9.17, 15) is 0 Å². The minimum atomic E-state index is -0.0117. The summed E-state index contributed by atoms with van der Waals surface area (Å²) < 4.78 is 12.7. The van der Waals surface area contributed by atoms with Crippen molar-refractivity contribution >= 4 is 5.96 Å². The molecule has 1 unspecified atom stereocenters. The zero-order valence-electron chi connectivity index (χ0n) is 16.7. The molecule has 7 nitrogen and oxygen atoms in total. The van der Waals surface area contributed by atoms with Crippen LogP contribution in [0.2, 0.25) is 0 Å². The number of hydrogen-bond donors (Lipinski definition) is 2. The van der Waals surface area contributed by atoms with E-state index in [1.54, 1.807) is 21.3 Å². The minimum Gasteiger partial charge on any atom is -0.497 e. The summed E-state index contributed by atoms with van der Waals surface area (Å²) in [6.07, 6.45) is 0. The molecular weight excluding hydrogens is 330 g/mol. The van der Waals surface area contributed by atoms with Gasteiger partial charge in [-0.3, -0.25) is 9.67 Å². The third-order valence-electron chi connectivity index (χ3n) is 4.57. The van der Waals surface area contributed by atoms with Crippen molar-refractivity contribution in [3.05, 3.63) is 40.7 Å². The molecule has 0 fully saturated rings. The fraction of sp³-hybridized carbons (Fsp3) is 0.474. The number of aliphatic imine (C=N–C) groups is 1. The highest BCUT2D eigenvalue weighted by molar-refractivity contribution is 5.80. The van der Waals surface area contributed by atoms with Gasteiger partial charge in [0.15, 0.2) is 5.96 Å². The number of nitrogens with zero attached hydrogens (tertiary/aromatic N) is 3. The van der Waals surface area contributed by atoms with Crippen molar-refractivity contribution in [2.24, 2.45) is 12.0 Å². The van der Waals surface area contributed by atoms with Gasteiger partial charge in [-0.15, -0.1) is 0 Å². The topological polar surface area (TPSA) is 72.7 Å². The van der Waals surface area contributed by atoms with Crippen LogP contribution in [0.1, 0.15) is 35.5 Å². The smallest absolute Gasteiger partial charge is 0.191 e. The Kier molecular flexibility index (Phi) is 6.49. The van der Waals surface area contributed by atoms with Gasteiger partial charge in [0.1, 0.15) is 11.5 Å². The van der Waals surface area contributed by atoms with Crippen LogP contribution in [0, 0.1) is 13.8 Å². The molecule has 1 aromatic heterocycles. The molecule has 2 N–H and O–H groups in total. The molecule has 7 heteroatoms. The van der Waals surface area contributed by atoms with E-state index in [1.165, 1.54) is 5.56 Å². The van der Waals surface area contributed by atoms with E-state index in [-0.39, 0.29) is 6.04 Å². The standard InChI is InChI=1S/C19H29N5O2/c1-12(16-10-15(25-6)8-9-18(16)26-7)22-19(20-4)21-11-17-13(2)23-24(5)14(17)3/h8-10,12H,11H2,1-7H3,(H2,20,21,22). The van der Waals surface area contributed by atoms with Crippen LogP contribution in [0.4, 0.5) is 0 Å². The molecule has 0 amide bonds. The Hall–Kier alpha value is -2.70. The molecule has 1 aromatic carbocycles. The van der Waals surface area contributed by atoms with Crippen molar-refractivity contribution < 1.29 is 9.47 Å². The number of guanidine groups is 1. The summed E-state index contributed by atoms with van der Waals surface area (Å²) >= 11 is 0. The maximum atomic E-state index is 5.48. The van der Waals surface area contributed by atoms with Gasteiger partial charge in [0.05, 0.1) is 26.0 Å². The first-order valence-corrected chi connectivity index (χ1v) is 8.59. The first-order valence-electron chi connectivity index (χ1n) is 8.59. The number of benzene rings is 1. The maximum absolute atomic E-state index is 5.48. The van der Waals surface area contributed by atoms with Gasteiger partial charge >= 0.3 is 0 Å². The van der Waals surface area contributed by atoms with Crippen molar-refractivity contribution in [2.45, 2.75) is 33.4 Å². The molecule has 0 spiro atoms. The molecule has 2 aromatic rings. The van der Waals surface area contributed by atoms with E-state index < -0.39 is 0 Å². The highest BCUT2D eigenvalue weighted by atomic mass is 16.5. The summed E-state index contributed by atoms with van der Waals surface area (Å²) in [5, 5.41) is 11.2. The van der Waals surface area contributed by atoms with Crippen LogP contribution >= 0.6 is 0 Å². The Morgan fingerprint density at radius 1 is 1.27 bits per heavy atom. The third-order valence-corrected chi connectivity index (χ3v) is 4.57. The summed E-state index contributed by atoms with van der Waals surface area (Å²) in [5.41, 5.74) is 4.36. The first kappa shape index (κ1) is 19.6. The molecule has 0 bridgehead atoms. The number of methoxy groups -OCH3 is 2. The van der Waals surface area contributed by atoms with Crippen molar-refractivity contribution in [1.82, 2.24) is 20.4 Å². The number of ether oxygens (including phenoxy) is 2. The van der Waals surface area contributed by atoms with Crippen molar-refractivity contribution in [1.29, 1.82) is 0 Å². The predicted octanol–water partition coefficient (Wildman–Crippen LogP) is 2.48. The first-order chi connectivity index (χ1) is 12.4. The largest absolute Gasteiger partial charge is 0.497 e. The Balaban J connectivity index is 2.10. The molecule has 0 saturated carbocycles. The summed E-state index contributed by atoms with van der Waals surface area (Å²) in [4.78, 5) is 4.33. The molecule has 142 valence electrons. The molecule has 2 rings (SSSR count). The second kappa shape index (κ2) is 8.60. The highest BCUT2D eigenvalue weighted by Crippen LogP contribution is 2.29. The lowest BCUT2D eigenvalue weighted by molar-refractivity contribution is 0.394. The van der Waals surface area contributed by atoms with Crippen LogP contribution in [0.15, 0.2) is 23.2 Å². The molecule has 1 heterocycles. The molecule has 0 aliphatic rings. The third kappa shape index (κ3) is 4.28. The maximum Gasteiger partial charge on any atom is 0.191 e. The van der Waals surface area contributed by atoms with Gasteiger partial charge in [-0.1, -0.05) is 0 Å². The van der Waals surface area contributed by atoms with Crippen LogP contribution in [0.5, 0.6) is 11.5 Å². The SMILES string of the molecule is CN=C(NCc1c(C)nn(C)c1C)NC(C)c1cc(OC)ccc1OC. The van der Waals surface area contributed by atoms with Gasteiger partial charge in [0.25, 0.3) is 0 Å². The Labute approximate surface area is 155 Å². The fourth-order valence-corrected chi connectivity index (χ4v) is 2.90. The molecule has 26 heavy (non-hydrogen) atoms. The van der Waals surface area contributed by atoms with Gasteiger partial charge in [-0.05, 0) is 39.0 Å². The molecule has 0 aliphatic heterocycles. The van der Waals surface area contributed by atoms with Crippen LogP contribution < -0.4 is 20.1 Å². The monoisotopic (exact) mass is 359 g/mol. The predicted molar refractivity (Wildman–Crippen MR) is 104 cm³/mol. The van der Waals surface area contributed by atoms with E-state index in [0.29, 0.717) is 12.5 Å². The minimum absolute atomic E-state index is 0.0117. The van der Waals surface area contributed by atoms with E-state index >= 15 is 0 Å². The average molecular weight is 359 g/mol. The van der Waals surface area contributed by atoms with E-state index in [4.69, 9.17) is 9.47 Å². The van der Waals surface area contributed by atoms with Crippen LogP contribution in [-0.4, -0.2) is 37.0 Å². The Morgan fingerprint density at radius 3 is 2.54 bits per heavy atom. The normalized spacial score (nSPS) is 12.7. The molecule has 0 saturated heterocycles. The van der Waals surface area contributed by atoms with Gasteiger partial charge in [0, 0.05) is 37.5 Å². The van der Waals surface area contributed by atoms with Crippen LogP contribution in [0.25, 0.3) is 0 Å². The lowest BCUT2D eigenvalue weighted by Gasteiger charge is -2.21. The summed E-state index contributed by atoms with van der Waals surface area (Å²) in [6, 6.07) is 5.75. The quantitative estimate of drug-likeness (QED) is 0.612. The van der Waals surface area contributed by atoms with E-state index in [1.807, 2.05) is 36.9 Å². The van der Waals surface area contributed by atoms with Gasteiger partial charge in [0.2, 0.25) is 0 Å². The van der Waals surface area contributed by atoms with Gasteiger partial charge in [-0.2, -0.15) is 5.10 Å². The number of aromatic nitrogens is 2. The van der Waals surface area contributed by atoms with Gasteiger partial charge in [-0.25, -0.2) is 0 Å². The lowest BCUT2D eigenvalue weighted by Crippen LogP contribution is -2.38. The summed E-state index contributed by atoms with van der Waals surface area (Å²) in [7, 11) is 7.03. The van der Waals surface area contributed by atoms with Gasteiger partial charge < -0.3 is 20.1 Å². The average Bonchev–Trinajstić information content (AvgIpc) is 2.89. The summed E-state index contributed by atoms with van der Waals surface area (Å²) in [6.45, 7) is 6.80. The van der Waals surface area contributed by atoms with E-state index in [2.05, 4.69) is 34.6 Å². The van der Waals surface area contributed by atoms with Crippen molar-refractivity contribution in [3.63, 3.8) is 0 Å². The highest BCUT2D eigenvalue weighted by Gasteiger charge is 2.15. The Morgan fingerprint density at radius 2 is 2.00 bits per heavy atom. The molecule has 0 aliphatic carbocycles. The fourth-order valence-electron chi connectivity index (χ4n) is 2.90. The number of aryl methyl sites for hydroxylation is 2. The van der Waals surface area contributed by atoms with Crippen molar-refractivity contribution in [3.8, 4) is 11.5 Å². The van der Waals surface area contributed by atoms with Crippen LogP contribution in [-0.2, 0) is 13.6 Å². The zero-order valence-corrected chi connectivity index (χ0v) is 16.7. The number of hydrogen-bond acceptors (Lipinski definition) is 4. The Bertz CT molecular complexity index is 782. The van der Waals surface area contributed by atoms with E-state index in [0.717, 1.165) is 28.5 Å². The second-order valence-corrected chi connectivity index (χ2v) is 6.17. The van der Waals surface area contributed by atoms with Crippen LogP contribution in [0.3, 0.4) is 0 Å². The number of rotatable bonds is 6. The summed E-state index contributed by atoms with van der Waals surface area (Å²) in [5.74, 6) is 2.31. The molecular formula is C19H29N5O2.